The maximum absolute atomic E-state index is 3.95. The molecule has 3 aromatic rings. The predicted octanol–water partition coefficient (Wildman–Crippen LogP) is 8.79. The molecule has 1 aliphatic rings. The predicted molar refractivity (Wildman–Crippen MR) is 163 cm³/mol. The van der Waals surface area contributed by atoms with Crippen molar-refractivity contribution in [3.05, 3.63) is 122 Å². The molecule has 0 heteroatoms. The first-order valence-corrected chi connectivity index (χ1v) is 14.0. The first-order valence-electron chi connectivity index (χ1n) is 14.0. The highest BCUT2D eigenvalue weighted by atomic mass is 14.2. The summed E-state index contributed by atoms with van der Waals surface area (Å²) in [6.07, 6.45) is 11.5. The third-order valence-corrected chi connectivity index (χ3v) is 7.75. The van der Waals surface area contributed by atoms with E-state index in [0.717, 1.165) is 19.3 Å². The molecule has 2 bridgehead atoms. The highest BCUT2D eigenvalue weighted by Gasteiger charge is 2.11. The fraction of sp³-hybridized carbons (Fsp3) is 0.324. The average molecular weight is 487 g/mol. The Hall–Kier alpha value is -3.34. The normalized spacial score (nSPS) is 14.3. The summed E-state index contributed by atoms with van der Waals surface area (Å²) >= 11 is 0. The minimum Gasteiger partial charge on any atom is -0.109 e. The molecule has 37 heavy (non-hydrogen) atoms. The zero-order valence-electron chi connectivity index (χ0n) is 23.6. The summed E-state index contributed by atoms with van der Waals surface area (Å²) < 4.78 is 0. The minimum atomic E-state index is 0.606. The van der Waals surface area contributed by atoms with Gasteiger partial charge in [0, 0.05) is 11.1 Å². The highest BCUT2D eigenvalue weighted by molar-refractivity contribution is 5.77. The molecule has 0 saturated carbocycles. The number of fused-ring (bicyclic) bond motifs is 2. The van der Waals surface area contributed by atoms with Crippen LogP contribution in [0.2, 0.25) is 0 Å². The van der Waals surface area contributed by atoms with Gasteiger partial charge in [0.1, 0.15) is 0 Å². The lowest BCUT2D eigenvalue weighted by Crippen LogP contribution is -2.35. The quantitative estimate of drug-likeness (QED) is 0.155. The van der Waals surface area contributed by atoms with Gasteiger partial charge in [-0.15, -0.1) is 5.73 Å². The van der Waals surface area contributed by atoms with E-state index in [1.807, 2.05) is 0 Å². The topological polar surface area (TPSA) is 0 Å². The maximum atomic E-state index is 3.95. The molecule has 0 saturated heterocycles. The van der Waals surface area contributed by atoms with Crippen molar-refractivity contribution < 1.29 is 0 Å². The molecule has 2 unspecified atom stereocenters. The number of hydrogen-bond acceptors (Lipinski definition) is 0. The van der Waals surface area contributed by atoms with Crippen molar-refractivity contribution in [2.75, 3.05) is 0 Å². The van der Waals surface area contributed by atoms with E-state index < -0.39 is 0 Å². The molecule has 1 aliphatic carbocycles. The summed E-state index contributed by atoms with van der Waals surface area (Å²) in [5, 5.41) is 2.66. The summed E-state index contributed by atoms with van der Waals surface area (Å²) in [5.41, 5.74) is 14.3. The molecule has 2 atom stereocenters. The van der Waals surface area contributed by atoms with Gasteiger partial charge in [0.2, 0.25) is 0 Å². The van der Waals surface area contributed by atoms with E-state index in [9.17, 15) is 0 Å². The van der Waals surface area contributed by atoms with Crippen LogP contribution in [0.4, 0.5) is 0 Å². The van der Waals surface area contributed by atoms with Crippen LogP contribution in [0.25, 0.3) is 23.3 Å². The summed E-state index contributed by atoms with van der Waals surface area (Å²) in [5.74, 6) is 1.23. The number of allylic oxidation sites excluding steroid dienone is 3. The third kappa shape index (κ3) is 6.91. The summed E-state index contributed by atoms with van der Waals surface area (Å²) in [6, 6.07) is 24.6. The molecule has 0 amide bonds. The average Bonchev–Trinajstić information content (AvgIpc) is 2.91. The number of aryl methyl sites for hydroxylation is 2. The monoisotopic (exact) mass is 486 g/mol. The summed E-state index contributed by atoms with van der Waals surface area (Å²) in [4.78, 5) is 0. The van der Waals surface area contributed by atoms with Crippen molar-refractivity contribution in [3.8, 4) is 0 Å². The van der Waals surface area contributed by atoms with Gasteiger partial charge in [-0.05, 0) is 89.5 Å². The van der Waals surface area contributed by atoms with Gasteiger partial charge in [-0.25, -0.2) is 0 Å². The van der Waals surface area contributed by atoms with Crippen molar-refractivity contribution in [1.29, 1.82) is 0 Å². The first kappa shape index (κ1) is 26.7. The van der Waals surface area contributed by atoms with E-state index in [2.05, 4.69) is 132 Å². The van der Waals surface area contributed by atoms with Crippen LogP contribution in [0.1, 0.15) is 81.2 Å². The van der Waals surface area contributed by atoms with Gasteiger partial charge in [0.05, 0.1) is 0 Å². The van der Waals surface area contributed by atoms with Crippen molar-refractivity contribution in [3.63, 3.8) is 0 Å². The number of benzene rings is 3. The van der Waals surface area contributed by atoms with E-state index in [-0.39, 0.29) is 0 Å². The lowest BCUT2D eigenvalue weighted by Gasteiger charge is -2.15. The minimum absolute atomic E-state index is 0.606. The zero-order chi connectivity index (χ0) is 26.4. The Morgan fingerprint density at radius 3 is 1.89 bits per heavy atom. The van der Waals surface area contributed by atoms with Crippen molar-refractivity contribution in [2.45, 2.75) is 67.2 Å². The third-order valence-electron chi connectivity index (χ3n) is 7.75. The van der Waals surface area contributed by atoms with Crippen LogP contribution in [0, 0.1) is 25.7 Å². The molecular formula is C37H42. The highest BCUT2D eigenvalue weighted by Crippen LogP contribution is 2.29. The summed E-state index contributed by atoms with van der Waals surface area (Å²) in [7, 11) is 0. The van der Waals surface area contributed by atoms with E-state index in [4.69, 9.17) is 0 Å². The SMILES string of the molecule is CCC(C)CC(=C=C(C=C(CC(C)CC)c1ccc(C)cc1)C=C1c2cccc1c2)c1ccc(C)cc1. The van der Waals surface area contributed by atoms with Crippen LogP contribution >= 0.6 is 0 Å². The van der Waals surface area contributed by atoms with E-state index in [1.165, 1.54) is 61.4 Å². The first-order chi connectivity index (χ1) is 17.9. The zero-order valence-corrected chi connectivity index (χ0v) is 23.6. The Morgan fingerprint density at radius 2 is 1.35 bits per heavy atom. The van der Waals surface area contributed by atoms with Crippen LogP contribution in [-0.2, 0) is 0 Å². The van der Waals surface area contributed by atoms with Gasteiger partial charge in [0.15, 0.2) is 0 Å². The second-order valence-electron chi connectivity index (χ2n) is 11.0. The smallest absolute Gasteiger partial charge is 0.0177 e. The molecule has 0 heterocycles. The van der Waals surface area contributed by atoms with Gasteiger partial charge < -0.3 is 0 Å². The van der Waals surface area contributed by atoms with Crippen LogP contribution in [-0.4, -0.2) is 0 Å². The lowest BCUT2D eigenvalue weighted by atomic mass is 9.90. The van der Waals surface area contributed by atoms with Gasteiger partial charge >= 0.3 is 0 Å². The molecular weight excluding hydrogens is 444 g/mol. The largest absolute Gasteiger partial charge is 0.109 e. The molecule has 4 rings (SSSR count). The van der Waals surface area contributed by atoms with Crippen LogP contribution in [0.5, 0.6) is 0 Å². The second-order valence-corrected chi connectivity index (χ2v) is 11.0. The van der Waals surface area contributed by atoms with Crippen LogP contribution < -0.4 is 10.4 Å². The molecule has 190 valence electrons. The molecule has 0 aliphatic heterocycles. The van der Waals surface area contributed by atoms with Crippen molar-refractivity contribution >= 4 is 23.3 Å². The van der Waals surface area contributed by atoms with Crippen molar-refractivity contribution in [2.24, 2.45) is 11.8 Å². The standard InChI is InChI=1S/C37H42/c1-7-26(3)20-35(31-16-12-28(5)13-17-31)22-30(24-37-33-10-9-11-34(37)25-33)23-36(21-27(4)8-2)32-18-14-29(6)15-19-32/h9-19,22,24-27H,7-8,20-21H2,1-6H3. The molecule has 0 spiro atoms. The Bertz CT molecular complexity index is 1440. The van der Waals surface area contributed by atoms with Crippen molar-refractivity contribution in [1.82, 2.24) is 0 Å². The van der Waals surface area contributed by atoms with Crippen LogP contribution in [0.3, 0.4) is 0 Å². The Labute approximate surface area is 224 Å². The Kier molecular flexibility index (Phi) is 8.86. The molecule has 3 aromatic carbocycles. The Morgan fingerprint density at radius 1 is 0.757 bits per heavy atom. The van der Waals surface area contributed by atoms with E-state index in [0.29, 0.717) is 11.8 Å². The van der Waals surface area contributed by atoms with Gasteiger partial charge in [-0.1, -0.05) is 118 Å². The number of hydrogen-bond donors (Lipinski definition) is 0. The molecule has 0 N–H and O–H groups in total. The molecule has 0 aromatic heterocycles. The lowest BCUT2D eigenvalue weighted by molar-refractivity contribution is 0.579. The van der Waals surface area contributed by atoms with Gasteiger partial charge in [-0.2, -0.15) is 0 Å². The number of rotatable bonds is 10. The van der Waals surface area contributed by atoms with Gasteiger partial charge in [-0.3, -0.25) is 0 Å². The molecule has 0 fully saturated rings. The maximum Gasteiger partial charge on any atom is 0.0177 e. The fourth-order valence-electron chi connectivity index (χ4n) is 4.78. The fourth-order valence-corrected chi connectivity index (χ4v) is 4.78. The van der Waals surface area contributed by atoms with E-state index in [1.54, 1.807) is 0 Å². The molecule has 0 nitrogen and oxygen atoms in total. The van der Waals surface area contributed by atoms with Gasteiger partial charge in [0.25, 0.3) is 0 Å². The summed E-state index contributed by atoms with van der Waals surface area (Å²) in [6.45, 7) is 13.6. The second kappa shape index (κ2) is 12.3. The van der Waals surface area contributed by atoms with Crippen LogP contribution in [0.15, 0.2) is 84.1 Å². The Balaban J connectivity index is 1.97. The van der Waals surface area contributed by atoms with E-state index >= 15 is 0 Å². The molecule has 0 radical (unpaired) electrons.